The highest BCUT2D eigenvalue weighted by atomic mass is 35.5. The van der Waals surface area contributed by atoms with Gasteiger partial charge < -0.3 is 14.1 Å². The molecule has 11 heteroatoms. The first-order chi connectivity index (χ1) is 22.5. The van der Waals surface area contributed by atoms with Gasteiger partial charge in [0.2, 0.25) is 5.76 Å². The highest BCUT2D eigenvalue weighted by Gasteiger charge is 2.29. The van der Waals surface area contributed by atoms with Gasteiger partial charge in [0.05, 0.1) is 27.8 Å². The zero-order chi connectivity index (χ0) is 33.7. The van der Waals surface area contributed by atoms with E-state index < -0.39 is 16.0 Å². The van der Waals surface area contributed by atoms with Crippen molar-refractivity contribution in [1.82, 2.24) is 4.90 Å². The third-order valence-corrected chi connectivity index (χ3v) is 10.3. The van der Waals surface area contributed by atoms with Crippen molar-refractivity contribution in [2.75, 3.05) is 24.0 Å². The second kappa shape index (κ2) is 14.6. The van der Waals surface area contributed by atoms with E-state index in [4.69, 9.17) is 32.4 Å². The lowest BCUT2D eigenvalue weighted by atomic mass is 10.1. The van der Waals surface area contributed by atoms with E-state index in [-0.39, 0.29) is 36.3 Å². The zero-order valence-electron chi connectivity index (χ0n) is 26.2. The van der Waals surface area contributed by atoms with Crippen LogP contribution in [0.5, 0.6) is 0 Å². The van der Waals surface area contributed by atoms with Crippen LogP contribution in [0.2, 0.25) is 10.0 Å². The molecule has 0 aliphatic heterocycles. The van der Waals surface area contributed by atoms with Gasteiger partial charge in [0.15, 0.2) is 0 Å². The summed E-state index contributed by atoms with van der Waals surface area (Å²) in [5.74, 6) is -0.876. The lowest BCUT2D eigenvalue weighted by molar-refractivity contribution is 0.0491. The fraction of sp³-hybridized carbons (Fsp3) is 0.222. The molecule has 4 aromatic carbocycles. The van der Waals surface area contributed by atoms with E-state index in [1.807, 2.05) is 30.3 Å². The molecule has 0 saturated heterocycles. The van der Waals surface area contributed by atoms with E-state index in [0.717, 1.165) is 5.56 Å². The standard InChI is InChI=1S/C36H34Cl2N2O6S/c1-4-40(47(43,44)28-16-18-33-30(22-28)24(3)34(46-33)36(42)45-5-2)32-17-15-27(37)21-26(32)23-39(20-19-25-11-7-6-8-12-25)35(41)29-13-9-10-14-31(29)38/h6-18,21-22H,4-5,19-20,23H2,1-3H3. The van der Waals surface area contributed by atoms with Crippen molar-refractivity contribution in [3.05, 3.63) is 129 Å². The summed E-state index contributed by atoms with van der Waals surface area (Å²) >= 11 is 12.9. The van der Waals surface area contributed by atoms with Crippen LogP contribution in [0.1, 0.15) is 51.5 Å². The number of carbonyl (C=O) groups is 2. The number of hydrogen-bond donors (Lipinski definition) is 0. The Labute approximate surface area is 284 Å². The number of sulfonamides is 1. The van der Waals surface area contributed by atoms with Gasteiger partial charge in [-0.05, 0) is 86.8 Å². The van der Waals surface area contributed by atoms with Crippen molar-refractivity contribution in [1.29, 1.82) is 0 Å². The summed E-state index contributed by atoms with van der Waals surface area (Å²) in [7, 11) is -4.13. The Kier molecular flexibility index (Phi) is 10.6. The first kappa shape index (κ1) is 34.0. The lowest BCUT2D eigenvalue weighted by Crippen LogP contribution is -2.35. The van der Waals surface area contributed by atoms with Gasteiger partial charge in [0, 0.05) is 35.6 Å². The molecule has 0 unspecified atom stereocenters. The van der Waals surface area contributed by atoms with Crippen LogP contribution in [0.15, 0.2) is 100 Å². The smallest absolute Gasteiger partial charge is 0.374 e. The van der Waals surface area contributed by atoms with Crippen LogP contribution >= 0.6 is 23.2 Å². The first-order valence-corrected chi connectivity index (χ1v) is 17.3. The summed E-state index contributed by atoms with van der Waals surface area (Å²) in [5.41, 5.74) is 3.16. The van der Waals surface area contributed by atoms with Gasteiger partial charge in [-0.3, -0.25) is 9.10 Å². The Morgan fingerprint density at radius 3 is 2.32 bits per heavy atom. The molecule has 0 spiro atoms. The van der Waals surface area contributed by atoms with E-state index in [1.165, 1.54) is 22.5 Å². The third-order valence-electron chi connectivity index (χ3n) is 7.82. The van der Waals surface area contributed by atoms with Gasteiger partial charge in [0.25, 0.3) is 15.9 Å². The molecule has 0 saturated carbocycles. The lowest BCUT2D eigenvalue weighted by Gasteiger charge is -2.29. The molecular weight excluding hydrogens is 659 g/mol. The molecule has 8 nitrogen and oxygen atoms in total. The van der Waals surface area contributed by atoms with Crippen LogP contribution in [-0.4, -0.2) is 44.9 Å². The van der Waals surface area contributed by atoms with Gasteiger partial charge >= 0.3 is 5.97 Å². The second-order valence-electron chi connectivity index (χ2n) is 10.8. The van der Waals surface area contributed by atoms with Crippen molar-refractivity contribution >= 4 is 61.8 Å². The largest absolute Gasteiger partial charge is 0.460 e. The SMILES string of the molecule is CCOC(=O)c1oc2ccc(S(=O)(=O)N(CC)c3ccc(Cl)cc3CN(CCc3ccccc3)C(=O)c3ccccc3Cl)cc2c1C. The van der Waals surface area contributed by atoms with Gasteiger partial charge in [-0.2, -0.15) is 0 Å². The summed E-state index contributed by atoms with van der Waals surface area (Å²) in [4.78, 5) is 28.0. The number of benzene rings is 4. The number of halogens is 2. The van der Waals surface area contributed by atoms with Gasteiger partial charge in [0.1, 0.15) is 5.58 Å². The normalized spacial score (nSPS) is 11.4. The molecule has 0 N–H and O–H groups in total. The molecule has 47 heavy (non-hydrogen) atoms. The Morgan fingerprint density at radius 2 is 1.62 bits per heavy atom. The van der Waals surface area contributed by atoms with Crippen LogP contribution in [-0.2, 0) is 27.7 Å². The highest BCUT2D eigenvalue weighted by Crippen LogP contribution is 2.34. The predicted molar refractivity (Wildman–Crippen MR) is 185 cm³/mol. The summed E-state index contributed by atoms with van der Waals surface area (Å²) < 4.78 is 40.6. The number of fused-ring (bicyclic) bond motifs is 1. The number of ether oxygens (including phenoxy) is 1. The Morgan fingerprint density at radius 1 is 0.894 bits per heavy atom. The molecule has 1 aromatic heterocycles. The van der Waals surface area contributed by atoms with Crippen LogP contribution in [0, 0.1) is 6.92 Å². The summed E-state index contributed by atoms with van der Waals surface area (Å²) in [6.45, 7) is 5.80. The number of esters is 1. The van der Waals surface area contributed by atoms with Crippen LogP contribution in [0.25, 0.3) is 11.0 Å². The Bertz CT molecular complexity index is 2030. The Balaban J connectivity index is 1.53. The minimum Gasteiger partial charge on any atom is -0.460 e. The summed E-state index contributed by atoms with van der Waals surface area (Å²) in [6.07, 6.45) is 0.570. The molecular formula is C36H34Cl2N2O6S. The topological polar surface area (TPSA) is 97.1 Å². The summed E-state index contributed by atoms with van der Waals surface area (Å²) in [5, 5.41) is 1.20. The number of aryl methyl sites for hydroxylation is 1. The average molecular weight is 694 g/mol. The minimum absolute atomic E-state index is 0.0140. The van der Waals surface area contributed by atoms with E-state index >= 15 is 0 Å². The number of amides is 1. The molecule has 0 bridgehead atoms. The molecule has 0 radical (unpaired) electrons. The summed E-state index contributed by atoms with van der Waals surface area (Å²) in [6, 6.07) is 26.0. The molecule has 244 valence electrons. The molecule has 0 aliphatic carbocycles. The fourth-order valence-electron chi connectivity index (χ4n) is 5.44. The molecule has 0 aliphatic rings. The number of furan rings is 1. The monoisotopic (exact) mass is 692 g/mol. The number of rotatable bonds is 12. The first-order valence-electron chi connectivity index (χ1n) is 15.1. The second-order valence-corrected chi connectivity index (χ2v) is 13.5. The number of hydrogen-bond acceptors (Lipinski definition) is 6. The van der Waals surface area contributed by atoms with Crippen LogP contribution in [0.4, 0.5) is 5.69 Å². The molecule has 1 heterocycles. The maximum atomic E-state index is 14.3. The Hall–Kier alpha value is -4.31. The maximum absolute atomic E-state index is 14.3. The van der Waals surface area contributed by atoms with Crippen molar-refractivity contribution < 1.29 is 27.2 Å². The van der Waals surface area contributed by atoms with Gasteiger partial charge in [-0.1, -0.05) is 65.7 Å². The van der Waals surface area contributed by atoms with Crippen molar-refractivity contribution in [3.8, 4) is 0 Å². The predicted octanol–water partition coefficient (Wildman–Crippen LogP) is 8.33. The maximum Gasteiger partial charge on any atom is 0.374 e. The van der Waals surface area contributed by atoms with E-state index in [9.17, 15) is 18.0 Å². The number of anilines is 1. The minimum atomic E-state index is -4.13. The van der Waals surface area contributed by atoms with Gasteiger partial charge in [-0.25, -0.2) is 13.2 Å². The number of nitrogens with zero attached hydrogens (tertiary/aromatic N) is 2. The number of carbonyl (C=O) groups excluding carboxylic acids is 2. The van der Waals surface area contributed by atoms with Crippen molar-refractivity contribution in [2.24, 2.45) is 0 Å². The third kappa shape index (κ3) is 7.32. The molecule has 0 fully saturated rings. The van der Waals surface area contributed by atoms with Crippen molar-refractivity contribution in [2.45, 2.75) is 38.6 Å². The van der Waals surface area contributed by atoms with Crippen molar-refractivity contribution in [3.63, 3.8) is 0 Å². The zero-order valence-corrected chi connectivity index (χ0v) is 28.5. The average Bonchev–Trinajstić information content (AvgIpc) is 3.40. The van der Waals surface area contributed by atoms with Crippen LogP contribution in [0.3, 0.4) is 0 Å². The van der Waals surface area contributed by atoms with Gasteiger partial charge in [-0.15, -0.1) is 0 Å². The van der Waals surface area contributed by atoms with Crippen LogP contribution < -0.4 is 4.31 Å². The molecule has 1 amide bonds. The van der Waals surface area contributed by atoms with E-state index in [2.05, 4.69) is 0 Å². The molecule has 5 aromatic rings. The van der Waals surface area contributed by atoms with E-state index in [1.54, 1.807) is 68.1 Å². The quantitative estimate of drug-likeness (QED) is 0.122. The van der Waals surface area contributed by atoms with E-state index in [0.29, 0.717) is 56.4 Å². The molecule has 0 atom stereocenters. The fourth-order valence-corrected chi connectivity index (χ4v) is 7.39. The highest BCUT2D eigenvalue weighted by molar-refractivity contribution is 7.92. The molecule has 5 rings (SSSR count).